The normalized spacial score (nSPS) is 10.9. The van der Waals surface area contributed by atoms with Crippen molar-refractivity contribution in [3.05, 3.63) is 46.2 Å². The van der Waals surface area contributed by atoms with Crippen molar-refractivity contribution >= 4 is 0 Å². The molecule has 0 saturated carbocycles. The lowest BCUT2D eigenvalue weighted by atomic mass is 10.1. The number of aromatic nitrogens is 2. The fraction of sp³-hybridized carbons (Fsp3) is 0.375. The Hall–Kier alpha value is -2.14. The summed E-state index contributed by atoms with van der Waals surface area (Å²) in [5, 5.41) is 4.46. The van der Waals surface area contributed by atoms with Crippen LogP contribution < -0.4 is 16.0 Å². The fourth-order valence-corrected chi connectivity index (χ4v) is 2.14. The van der Waals surface area contributed by atoms with Crippen LogP contribution in [0.1, 0.15) is 19.4 Å². The van der Waals surface area contributed by atoms with Crippen LogP contribution in [0.25, 0.3) is 11.3 Å². The third-order valence-electron chi connectivity index (χ3n) is 3.17. The molecule has 0 radical (unpaired) electrons. The summed E-state index contributed by atoms with van der Waals surface area (Å²) in [5.74, 6) is 1.09. The summed E-state index contributed by atoms with van der Waals surface area (Å²) in [6, 6.07) is 9.36. The summed E-state index contributed by atoms with van der Waals surface area (Å²) in [7, 11) is 1.62. The number of ether oxygens (including phenoxy) is 1. The Morgan fingerprint density at radius 1 is 1.33 bits per heavy atom. The van der Waals surface area contributed by atoms with Gasteiger partial charge in [0, 0.05) is 24.2 Å². The topological polar surface area (TPSA) is 70.1 Å². The average Bonchev–Trinajstić information content (AvgIpc) is 2.49. The monoisotopic (exact) mass is 287 g/mol. The molecule has 0 saturated heterocycles. The predicted molar refractivity (Wildman–Crippen MR) is 83.2 cm³/mol. The Morgan fingerprint density at radius 3 is 2.71 bits per heavy atom. The molecule has 0 aliphatic carbocycles. The second kappa shape index (κ2) is 6.54. The first-order chi connectivity index (χ1) is 10.0. The van der Waals surface area contributed by atoms with Crippen molar-refractivity contribution in [1.82, 2.24) is 9.78 Å². The highest BCUT2D eigenvalue weighted by Crippen LogP contribution is 2.22. The number of hydrogen-bond acceptors (Lipinski definition) is 4. The molecule has 0 bridgehead atoms. The predicted octanol–water partition coefficient (Wildman–Crippen LogP) is 2.03. The molecule has 1 heterocycles. The van der Waals surface area contributed by atoms with Crippen molar-refractivity contribution in [3.63, 3.8) is 0 Å². The van der Waals surface area contributed by atoms with Gasteiger partial charge in [0.1, 0.15) is 5.75 Å². The molecule has 2 N–H and O–H groups in total. The van der Waals surface area contributed by atoms with Crippen LogP contribution in [0.2, 0.25) is 0 Å². The molecule has 2 aromatic rings. The number of nitrogens with zero attached hydrogens (tertiary/aromatic N) is 2. The minimum Gasteiger partial charge on any atom is -0.497 e. The molecule has 0 aliphatic heterocycles. The van der Waals surface area contributed by atoms with Gasteiger partial charge in [0.25, 0.3) is 5.56 Å². The molecule has 1 aromatic carbocycles. The van der Waals surface area contributed by atoms with Crippen LogP contribution in [0, 0.1) is 5.92 Å². The molecule has 0 atom stereocenters. The molecule has 0 spiro atoms. The Kier molecular flexibility index (Phi) is 4.75. The van der Waals surface area contributed by atoms with E-state index in [2.05, 4.69) is 18.9 Å². The number of rotatable bonds is 5. The van der Waals surface area contributed by atoms with Crippen LogP contribution in [0.3, 0.4) is 0 Å². The van der Waals surface area contributed by atoms with Crippen molar-refractivity contribution in [3.8, 4) is 17.0 Å². The molecule has 0 amide bonds. The van der Waals surface area contributed by atoms with Gasteiger partial charge in [-0.2, -0.15) is 5.10 Å². The highest BCUT2D eigenvalue weighted by atomic mass is 16.5. The van der Waals surface area contributed by atoms with Crippen molar-refractivity contribution in [1.29, 1.82) is 0 Å². The zero-order valence-electron chi connectivity index (χ0n) is 12.7. The van der Waals surface area contributed by atoms with Gasteiger partial charge in [0.05, 0.1) is 12.8 Å². The number of benzene rings is 1. The van der Waals surface area contributed by atoms with Crippen LogP contribution in [0.5, 0.6) is 5.75 Å². The lowest BCUT2D eigenvalue weighted by Gasteiger charge is -2.12. The first-order valence-corrected chi connectivity index (χ1v) is 7.00. The van der Waals surface area contributed by atoms with Gasteiger partial charge in [-0.3, -0.25) is 4.79 Å². The summed E-state index contributed by atoms with van der Waals surface area (Å²) in [5.41, 5.74) is 7.78. The van der Waals surface area contributed by atoms with E-state index in [0.717, 1.165) is 17.0 Å². The lowest BCUT2D eigenvalue weighted by Crippen LogP contribution is -2.29. The van der Waals surface area contributed by atoms with Crippen molar-refractivity contribution < 1.29 is 4.74 Å². The van der Waals surface area contributed by atoms with Crippen molar-refractivity contribution in [2.75, 3.05) is 7.11 Å². The Bertz CT molecular complexity index is 677. The number of hydrogen-bond donors (Lipinski definition) is 1. The van der Waals surface area contributed by atoms with Gasteiger partial charge < -0.3 is 10.5 Å². The van der Waals surface area contributed by atoms with E-state index < -0.39 is 0 Å². The van der Waals surface area contributed by atoms with Gasteiger partial charge in [0.2, 0.25) is 0 Å². The molecule has 5 nitrogen and oxygen atoms in total. The van der Waals surface area contributed by atoms with Crippen LogP contribution in [0.4, 0.5) is 0 Å². The van der Waals surface area contributed by atoms with E-state index in [9.17, 15) is 4.79 Å². The van der Waals surface area contributed by atoms with Gasteiger partial charge in [-0.25, -0.2) is 4.68 Å². The molecular formula is C16H21N3O2. The Morgan fingerprint density at radius 2 is 2.10 bits per heavy atom. The molecule has 0 fully saturated rings. The summed E-state index contributed by atoms with van der Waals surface area (Å²) in [4.78, 5) is 12.2. The van der Waals surface area contributed by atoms with E-state index in [1.165, 1.54) is 4.68 Å². The quantitative estimate of drug-likeness (QED) is 0.913. The number of nitrogens with two attached hydrogens (primary N) is 1. The van der Waals surface area contributed by atoms with E-state index >= 15 is 0 Å². The molecule has 112 valence electrons. The highest BCUT2D eigenvalue weighted by Gasteiger charge is 2.10. The first kappa shape index (κ1) is 15.3. The standard InChI is InChI=1S/C16H21N3O2/c1-11(2)10-19-16(20)13(9-17)8-15(18-19)12-5-4-6-14(7-12)21-3/h4-8,11H,9-10,17H2,1-3H3. The van der Waals surface area contributed by atoms with Crippen LogP contribution in [0.15, 0.2) is 35.1 Å². The molecule has 0 aliphatic rings. The maximum atomic E-state index is 12.2. The van der Waals surface area contributed by atoms with E-state index in [4.69, 9.17) is 10.5 Å². The largest absolute Gasteiger partial charge is 0.497 e. The fourth-order valence-electron chi connectivity index (χ4n) is 2.14. The molecular weight excluding hydrogens is 266 g/mol. The third-order valence-corrected chi connectivity index (χ3v) is 3.17. The summed E-state index contributed by atoms with van der Waals surface area (Å²) < 4.78 is 6.73. The molecule has 0 unspecified atom stereocenters. The van der Waals surface area contributed by atoms with Crippen LogP contribution >= 0.6 is 0 Å². The lowest BCUT2D eigenvalue weighted by molar-refractivity contribution is 0.415. The zero-order chi connectivity index (χ0) is 15.4. The smallest absolute Gasteiger partial charge is 0.271 e. The van der Waals surface area contributed by atoms with E-state index in [-0.39, 0.29) is 12.1 Å². The summed E-state index contributed by atoms with van der Waals surface area (Å²) in [6.45, 7) is 4.88. The number of methoxy groups -OCH3 is 1. The van der Waals surface area contributed by atoms with Crippen LogP contribution in [-0.4, -0.2) is 16.9 Å². The van der Waals surface area contributed by atoms with Crippen molar-refractivity contribution in [2.45, 2.75) is 26.9 Å². The maximum Gasteiger partial charge on any atom is 0.271 e. The Labute approximate surface area is 124 Å². The molecule has 2 rings (SSSR count). The van der Waals surface area contributed by atoms with Gasteiger partial charge >= 0.3 is 0 Å². The highest BCUT2D eigenvalue weighted by molar-refractivity contribution is 5.61. The molecule has 5 heteroatoms. The Balaban J connectivity index is 2.55. The second-order valence-electron chi connectivity index (χ2n) is 5.37. The minimum atomic E-state index is -0.113. The maximum absolute atomic E-state index is 12.2. The third kappa shape index (κ3) is 3.49. The van der Waals surface area contributed by atoms with Crippen molar-refractivity contribution in [2.24, 2.45) is 11.7 Å². The van der Waals surface area contributed by atoms with E-state index in [0.29, 0.717) is 18.0 Å². The van der Waals surface area contributed by atoms with E-state index in [1.807, 2.05) is 24.3 Å². The first-order valence-electron chi connectivity index (χ1n) is 7.00. The van der Waals surface area contributed by atoms with Gasteiger partial charge in [-0.1, -0.05) is 26.0 Å². The molecule has 1 aromatic heterocycles. The van der Waals surface area contributed by atoms with E-state index in [1.54, 1.807) is 13.2 Å². The summed E-state index contributed by atoms with van der Waals surface area (Å²) >= 11 is 0. The average molecular weight is 287 g/mol. The SMILES string of the molecule is COc1cccc(-c2cc(CN)c(=O)n(CC(C)C)n2)c1. The molecule has 21 heavy (non-hydrogen) atoms. The van der Waals surface area contributed by atoms with Gasteiger partial charge in [-0.05, 0) is 24.1 Å². The summed E-state index contributed by atoms with van der Waals surface area (Å²) in [6.07, 6.45) is 0. The van der Waals surface area contributed by atoms with Gasteiger partial charge in [0.15, 0.2) is 0 Å². The van der Waals surface area contributed by atoms with Crippen LogP contribution in [-0.2, 0) is 13.1 Å². The second-order valence-corrected chi connectivity index (χ2v) is 5.37. The minimum absolute atomic E-state index is 0.113. The zero-order valence-corrected chi connectivity index (χ0v) is 12.7. The van der Waals surface area contributed by atoms with Gasteiger partial charge in [-0.15, -0.1) is 0 Å².